The summed E-state index contributed by atoms with van der Waals surface area (Å²) in [6, 6.07) is 7.25. The van der Waals surface area contributed by atoms with E-state index in [4.69, 9.17) is 27.9 Å². The average molecular weight is 382 g/mol. The molecule has 0 spiro atoms. The molecule has 1 aliphatic heterocycles. The van der Waals surface area contributed by atoms with E-state index in [0.717, 1.165) is 17.7 Å². The van der Waals surface area contributed by atoms with E-state index in [9.17, 15) is 4.79 Å². The third-order valence-corrected chi connectivity index (χ3v) is 4.89. The predicted molar refractivity (Wildman–Crippen MR) is 98.2 cm³/mol. The fraction of sp³-hybridized carbons (Fsp3) is 0.444. The molecule has 7 heteroatoms. The zero-order valence-corrected chi connectivity index (χ0v) is 15.8. The molecule has 3 rings (SSSR count). The molecule has 5 nitrogen and oxygen atoms in total. The largest absolute Gasteiger partial charge is 0.370 e. The van der Waals surface area contributed by atoms with E-state index in [2.05, 4.69) is 24.0 Å². The van der Waals surface area contributed by atoms with Gasteiger partial charge in [0.25, 0.3) is 5.91 Å². The predicted octanol–water partition coefficient (Wildman–Crippen LogP) is 4.13. The summed E-state index contributed by atoms with van der Waals surface area (Å²) in [5.74, 6) is 0.422. The summed E-state index contributed by atoms with van der Waals surface area (Å²) in [4.78, 5) is 14.5. The number of rotatable bonds is 4. The number of ether oxygens (including phenoxy) is 1. The molecule has 1 aromatic carbocycles. The monoisotopic (exact) mass is 381 g/mol. The summed E-state index contributed by atoms with van der Waals surface area (Å²) in [5.41, 5.74) is 2.34. The van der Waals surface area contributed by atoms with Crippen molar-refractivity contribution in [2.24, 2.45) is 5.92 Å². The smallest absolute Gasteiger partial charge is 0.274 e. The summed E-state index contributed by atoms with van der Waals surface area (Å²) in [5, 5.41) is 8.11. The van der Waals surface area contributed by atoms with Crippen LogP contribution in [0.15, 0.2) is 24.3 Å². The Hall–Kier alpha value is -1.56. The highest BCUT2D eigenvalue weighted by Crippen LogP contribution is 2.29. The Labute approximate surface area is 157 Å². The molecule has 1 amide bonds. The fourth-order valence-corrected chi connectivity index (χ4v) is 3.23. The maximum absolute atomic E-state index is 12.7. The highest BCUT2D eigenvalue weighted by atomic mass is 35.5. The average Bonchev–Trinajstić information content (AvgIpc) is 3.04. The van der Waals surface area contributed by atoms with Gasteiger partial charge in [-0.3, -0.25) is 9.89 Å². The number of carbonyl (C=O) groups is 1. The number of carbonyl (C=O) groups excluding carboxylic acids is 1. The minimum atomic E-state index is -0.221. The standard InChI is InChI=1S/C18H21Cl2N3O2/c1-11(2)7-13-9-16(22-21-13)18(24)23-5-6-25-17(10-23)12-3-4-14(19)15(20)8-12/h3-4,8-9,11,17H,5-7,10H2,1-2H3,(H,21,22)/t17-/m0/s1. The Balaban J connectivity index is 1.71. The van der Waals surface area contributed by atoms with Crippen LogP contribution in [0.3, 0.4) is 0 Å². The van der Waals surface area contributed by atoms with Crippen LogP contribution in [-0.2, 0) is 11.2 Å². The number of hydrogen-bond acceptors (Lipinski definition) is 3. The molecular formula is C18H21Cl2N3O2. The summed E-state index contributed by atoms with van der Waals surface area (Å²) < 4.78 is 5.81. The van der Waals surface area contributed by atoms with Gasteiger partial charge in [-0.2, -0.15) is 5.10 Å². The maximum Gasteiger partial charge on any atom is 0.274 e. The highest BCUT2D eigenvalue weighted by molar-refractivity contribution is 6.42. The Morgan fingerprint density at radius 3 is 2.88 bits per heavy atom. The van der Waals surface area contributed by atoms with Crippen molar-refractivity contribution in [3.63, 3.8) is 0 Å². The SMILES string of the molecule is CC(C)Cc1cc(C(=O)N2CCO[C@H](c3ccc(Cl)c(Cl)c3)C2)n[nH]1. The van der Waals surface area contributed by atoms with E-state index in [0.29, 0.717) is 41.4 Å². The van der Waals surface area contributed by atoms with Gasteiger partial charge in [-0.15, -0.1) is 0 Å². The molecule has 134 valence electrons. The number of H-pyrrole nitrogens is 1. The molecule has 0 saturated carbocycles. The van der Waals surface area contributed by atoms with Crippen LogP contribution >= 0.6 is 23.2 Å². The van der Waals surface area contributed by atoms with E-state index in [1.807, 2.05) is 12.1 Å². The molecule has 25 heavy (non-hydrogen) atoms. The van der Waals surface area contributed by atoms with Gasteiger partial charge in [0, 0.05) is 12.2 Å². The summed E-state index contributed by atoms with van der Waals surface area (Å²) in [6.45, 7) is 5.74. The molecule has 0 unspecified atom stereocenters. The number of halogens is 2. The van der Waals surface area contributed by atoms with E-state index in [-0.39, 0.29) is 12.0 Å². The zero-order chi connectivity index (χ0) is 18.0. The fourth-order valence-electron chi connectivity index (χ4n) is 2.93. The molecule has 1 saturated heterocycles. The first-order valence-electron chi connectivity index (χ1n) is 8.34. The third kappa shape index (κ3) is 4.35. The van der Waals surface area contributed by atoms with Gasteiger partial charge in [0.05, 0.1) is 23.2 Å². The first kappa shape index (κ1) is 18.2. The minimum Gasteiger partial charge on any atom is -0.370 e. The molecule has 1 N–H and O–H groups in total. The van der Waals surface area contributed by atoms with Crippen LogP contribution in [0.4, 0.5) is 0 Å². The number of aromatic amines is 1. The van der Waals surface area contributed by atoms with Gasteiger partial charge in [0.1, 0.15) is 11.8 Å². The number of hydrogen-bond donors (Lipinski definition) is 1. The normalized spacial score (nSPS) is 18.0. The quantitative estimate of drug-likeness (QED) is 0.865. The van der Waals surface area contributed by atoms with Crippen LogP contribution in [0.2, 0.25) is 10.0 Å². The minimum absolute atomic E-state index is 0.0837. The van der Waals surface area contributed by atoms with Gasteiger partial charge in [0.15, 0.2) is 0 Å². The Kier molecular flexibility index (Phi) is 5.67. The van der Waals surface area contributed by atoms with E-state index < -0.39 is 0 Å². The van der Waals surface area contributed by atoms with Crippen molar-refractivity contribution in [2.45, 2.75) is 26.4 Å². The van der Waals surface area contributed by atoms with Crippen LogP contribution in [0, 0.1) is 5.92 Å². The Morgan fingerprint density at radius 2 is 2.16 bits per heavy atom. The third-order valence-electron chi connectivity index (χ3n) is 4.15. The van der Waals surface area contributed by atoms with Gasteiger partial charge in [-0.25, -0.2) is 0 Å². The van der Waals surface area contributed by atoms with Gasteiger partial charge in [-0.1, -0.05) is 43.1 Å². The molecule has 1 aliphatic rings. The Morgan fingerprint density at radius 1 is 1.36 bits per heavy atom. The van der Waals surface area contributed by atoms with Crippen LogP contribution in [0.1, 0.15) is 41.7 Å². The van der Waals surface area contributed by atoms with Gasteiger partial charge in [-0.05, 0) is 36.1 Å². The molecule has 1 atom stereocenters. The van der Waals surface area contributed by atoms with Gasteiger partial charge < -0.3 is 9.64 Å². The molecule has 2 heterocycles. The maximum atomic E-state index is 12.7. The van der Waals surface area contributed by atoms with Crippen LogP contribution in [0.25, 0.3) is 0 Å². The number of morpholine rings is 1. The van der Waals surface area contributed by atoms with Crippen molar-refractivity contribution in [1.82, 2.24) is 15.1 Å². The first-order valence-corrected chi connectivity index (χ1v) is 9.09. The lowest BCUT2D eigenvalue weighted by Crippen LogP contribution is -2.42. The number of nitrogens with zero attached hydrogens (tertiary/aromatic N) is 2. The van der Waals surface area contributed by atoms with Crippen molar-refractivity contribution in [3.05, 3.63) is 51.3 Å². The van der Waals surface area contributed by atoms with Crippen molar-refractivity contribution >= 4 is 29.1 Å². The van der Waals surface area contributed by atoms with E-state index in [1.165, 1.54) is 0 Å². The first-order chi connectivity index (χ1) is 11.9. The molecule has 0 aliphatic carbocycles. The lowest BCUT2D eigenvalue weighted by molar-refractivity contribution is -0.0230. The van der Waals surface area contributed by atoms with Gasteiger partial charge in [0.2, 0.25) is 0 Å². The van der Waals surface area contributed by atoms with Gasteiger partial charge >= 0.3 is 0 Å². The van der Waals surface area contributed by atoms with Crippen LogP contribution in [-0.4, -0.2) is 40.7 Å². The zero-order valence-electron chi connectivity index (χ0n) is 14.3. The highest BCUT2D eigenvalue weighted by Gasteiger charge is 2.27. The molecule has 0 bridgehead atoms. The summed E-state index contributed by atoms with van der Waals surface area (Å²) >= 11 is 12.1. The van der Waals surface area contributed by atoms with E-state index in [1.54, 1.807) is 17.0 Å². The van der Waals surface area contributed by atoms with Crippen LogP contribution in [0.5, 0.6) is 0 Å². The molecule has 0 radical (unpaired) electrons. The molecule has 1 fully saturated rings. The lowest BCUT2D eigenvalue weighted by Gasteiger charge is -2.32. The number of amides is 1. The second-order valence-corrected chi connectivity index (χ2v) is 7.47. The number of nitrogens with one attached hydrogen (secondary N) is 1. The number of benzene rings is 1. The topological polar surface area (TPSA) is 58.2 Å². The lowest BCUT2D eigenvalue weighted by atomic mass is 10.1. The van der Waals surface area contributed by atoms with Crippen molar-refractivity contribution in [1.29, 1.82) is 0 Å². The number of aromatic nitrogens is 2. The van der Waals surface area contributed by atoms with Crippen LogP contribution < -0.4 is 0 Å². The van der Waals surface area contributed by atoms with Crippen molar-refractivity contribution in [2.75, 3.05) is 19.7 Å². The molecule has 2 aromatic rings. The Bertz CT molecular complexity index is 761. The molecular weight excluding hydrogens is 361 g/mol. The van der Waals surface area contributed by atoms with E-state index >= 15 is 0 Å². The summed E-state index contributed by atoms with van der Waals surface area (Å²) in [7, 11) is 0. The molecule has 1 aromatic heterocycles. The second-order valence-electron chi connectivity index (χ2n) is 6.66. The second kappa shape index (κ2) is 7.77. The van der Waals surface area contributed by atoms with Crippen molar-refractivity contribution in [3.8, 4) is 0 Å². The summed E-state index contributed by atoms with van der Waals surface area (Å²) in [6.07, 6.45) is 0.650. The van der Waals surface area contributed by atoms with Crippen molar-refractivity contribution < 1.29 is 9.53 Å².